The molecule has 0 saturated carbocycles. The van der Waals surface area contributed by atoms with Gasteiger partial charge in [0.25, 0.3) is 0 Å². The third kappa shape index (κ3) is 1.35. The van der Waals surface area contributed by atoms with Gasteiger partial charge in [0.15, 0.2) is 0 Å². The maximum atomic E-state index is 9.06. The minimum Gasteiger partial charge on any atom is -0.370 e. The second-order valence-electron chi connectivity index (χ2n) is 4.09. The van der Waals surface area contributed by atoms with Crippen LogP contribution in [0.25, 0.3) is 0 Å². The normalized spacial score (nSPS) is 16.2. The summed E-state index contributed by atoms with van der Waals surface area (Å²) in [5, 5.41) is 9.06. The van der Waals surface area contributed by atoms with Crippen LogP contribution in [0.5, 0.6) is 0 Å². The summed E-state index contributed by atoms with van der Waals surface area (Å²) in [6.45, 7) is 6.39. The van der Waals surface area contributed by atoms with Crippen LogP contribution >= 0.6 is 0 Å². The fourth-order valence-corrected chi connectivity index (χ4v) is 1.96. The molecule has 1 saturated heterocycles. The minimum absolute atomic E-state index is 0.766. The quantitative estimate of drug-likeness (QED) is 0.673. The first-order valence-electron chi connectivity index (χ1n) is 4.97. The lowest BCUT2D eigenvalue weighted by Gasteiger charge is -2.39. The summed E-state index contributed by atoms with van der Waals surface area (Å²) in [5.41, 5.74) is 3.01. The van der Waals surface area contributed by atoms with Crippen molar-refractivity contribution in [2.45, 2.75) is 13.8 Å². The monoisotopic (exact) mass is 186 g/mol. The smallest absolute Gasteiger partial charge is 0.102 e. The van der Waals surface area contributed by atoms with E-state index >= 15 is 0 Å². The molecule has 72 valence electrons. The summed E-state index contributed by atoms with van der Waals surface area (Å²) < 4.78 is 0. The van der Waals surface area contributed by atoms with Gasteiger partial charge in [-0.3, -0.25) is 0 Å². The van der Waals surface area contributed by atoms with Gasteiger partial charge in [-0.2, -0.15) is 5.26 Å². The van der Waals surface area contributed by atoms with Crippen LogP contribution in [-0.4, -0.2) is 13.1 Å². The first kappa shape index (κ1) is 9.08. The van der Waals surface area contributed by atoms with E-state index < -0.39 is 0 Å². The van der Waals surface area contributed by atoms with Crippen LogP contribution in [-0.2, 0) is 0 Å². The van der Waals surface area contributed by atoms with Crippen LogP contribution in [0.15, 0.2) is 18.2 Å². The molecule has 0 N–H and O–H groups in total. The van der Waals surface area contributed by atoms with Gasteiger partial charge in [0.2, 0.25) is 0 Å². The van der Waals surface area contributed by atoms with Gasteiger partial charge >= 0.3 is 0 Å². The predicted molar refractivity (Wildman–Crippen MR) is 57.3 cm³/mol. The van der Waals surface area contributed by atoms with Gasteiger partial charge in [0, 0.05) is 13.1 Å². The standard InChI is InChI=1S/C12H14N2/c1-9-7-14(8-9)12-5-3-4-10(2)11(12)6-13/h3-5,9H,7-8H2,1-2H3. The van der Waals surface area contributed by atoms with Crippen LogP contribution in [0.2, 0.25) is 0 Å². The molecule has 0 atom stereocenters. The Kier molecular flexibility index (Phi) is 2.17. The average Bonchev–Trinajstić information content (AvgIpc) is 2.13. The number of rotatable bonds is 1. The second-order valence-corrected chi connectivity index (χ2v) is 4.09. The molecule has 0 radical (unpaired) electrons. The Morgan fingerprint density at radius 2 is 2.14 bits per heavy atom. The van der Waals surface area contributed by atoms with Crippen molar-refractivity contribution >= 4 is 5.69 Å². The molecule has 2 nitrogen and oxygen atoms in total. The zero-order chi connectivity index (χ0) is 10.1. The highest BCUT2D eigenvalue weighted by Crippen LogP contribution is 2.28. The SMILES string of the molecule is Cc1cccc(N2CC(C)C2)c1C#N. The Morgan fingerprint density at radius 1 is 1.43 bits per heavy atom. The highest BCUT2D eigenvalue weighted by molar-refractivity contribution is 5.63. The van der Waals surface area contributed by atoms with E-state index in [-0.39, 0.29) is 0 Å². The fraction of sp³-hybridized carbons (Fsp3) is 0.417. The van der Waals surface area contributed by atoms with E-state index in [4.69, 9.17) is 5.26 Å². The number of aryl methyl sites for hydroxylation is 1. The summed E-state index contributed by atoms with van der Waals surface area (Å²) in [4.78, 5) is 2.27. The Morgan fingerprint density at radius 3 is 2.71 bits per heavy atom. The second kappa shape index (κ2) is 3.34. The van der Waals surface area contributed by atoms with Crippen LogP contribution in [0.1, 0.15) is 18.1 Å². The molecule has 2 heteroatoms. The third-order valence-electron chi connectivity index (χ3n) is 2.77. The molecule has 1 aromatic rings. The molecular weight excluding hydrogens is 172 g/mol. The van der Waals surface area contributed by atoms with Gasteiger partial charge in [-0.15, -0.1) is 0 Å². The molecule has 2 rings (SSSR count). The molecule has 0 spiro atoms. The number of nitriles is 1. The number of hydrogen-bond donors (Lipinski definition) is 0. The highest BCUT2D eigenvalue weighted by Gasteiger charge is 2.24. The Hall–Kier alpha value is -1.49. The number of hydrogen-bond acceptors (Lipinski definition) is 2. The van der Waals surface area contributed by atoms with Crippen molar-refractivity contribution in [3.05, 3.63) is 29.3 Å². The van der Waals surface area contributed by atoms with Crippen molar-refractivity contribution in [3.63, 3.8) is 0 Å². The zero-order valence-corrected chi connectivity index (χ0v) is 8.62. The van der Waals surface area contributed by atoms with Crippen LogP contribution in [0.4, 0.5) is 5.69 Å². The topological polar surface area (TPSA) is 27.0 Å². The summed E-state index contributed by atoms with van der Waals surface area (Å²) in [6, 6.07) is 8.34. The van der Waals surface area contributed by atoms with Gasteiger partial charge in [-0.1, -0.05) is 19.1 Å². The first-order valence-corrected chi connectivity index (χ1v) is 4.97. The molecule has 0 unspecified atom stereocenters. The molecule has 1 aromatic carbocycles. The number of nitrogens with zero attached hydrogens (tertiary/aromatic N) is 2. The average molecular weight is 186 g/mol. The largest absolute Gasteiger partial charge is 0.370 e. The predicted octanol–water partition coefficient (Wildman–Crippen LogP) is 2.32. The van der Waals surface area contributed by atoms with Crippen LogP contribution < -0.4 is 4.90 Å². The molecule has 1 aliphatic rings. The number of anilines is 1. The Balaban J connectivity index is 2.34. The van der Waals surface area contributed by atoms with Gasteiger partial charge in [0.05, 0.1) is 11.3 Å². The lowest BCUT2D eigenvalue weighted by Crippen LogP contribution is -2.45. The van der Waals surface area contributed by atoms with Gasteiger partial charge in [-0.25, -0.2) is 0 Å². The molecular formula is C12H14N2. The van der Waals surface area contributed by atoms with E-state index in [1.807, 2.05) is 25.1 Å². The van der Waals surface area contributed by atoms with Crippen LogP contribution in [0, 0.1) is 24.2 Å². The van der Waals surface area contributed by atoms with E-state index in [2.05, 4.69) is 17.9 Å². The minimum atomic E-state index is 0.766. The molecule has 0 aromatic heterocycles. The summed E-state index contributed by atoms with van der Waals surface area (Å²) in [5.74, 6) is 0.766. The van der Waals surface area contributed by atoms with E-state index in [1.165, 1.54) is 0 Å². The molecule has 1 aliphatic heterocycles. The van der Waals surface area contributed by atoms with Crippen molar-refractivity contribution in [2.75, 3.05) is 18.0 Å². The Bertz CT molecular complexity index is 384. The van der Waals surface area contributed by atoms with E-state index in [0.717, 1.165) is 35.8 Å². The maximum absolute atomic E-state index is 9.06. The third-order valence-corrected chi connectivity index (χ3v) is 2.77. The molecule has 1 heterocycles. The first-order chi connectivity index (χ1) is 6.72. The molecule has 0 bridgehead atoms. The summed E-state index contributed by atoms with van der Waals surface area (Å²) >= 11 is 0. The fourth-order valence-electron chi connectivity index (χ4n) is 1.96. The van der Waals surface area contributed by atoms with Crippen molar-refractivity contribution in [2.24, 2.45) is 5.92 Å². The van der Waals surface area contributed by atoms with Crippen molar-refractivity contribution in [1.29, 1.82) is 5.26 Å². The van der Waals surface area contributed by atoms with Crippen LogP contribution in [0.3, 0.4) is 0 Å². The van der Waals surface area contributed by atoms with Crippen molar-refractivity contribution in [1.82, 2.24) is 0 Å². The van der Waals surface area contributed by atoms with Gasteiger partial charge in [-0.05, 0) is 24.5 Å². The summed E-state index contributed by atoms with van der Waals surface area (Å²) in [7, 11) is 0. The highest BCUT2D eigenvalue weighted by atomic mass is 15.2. The summed E-state index contributed by atoms with van der Waals surface area (Å²) in [6.07, 6.45) is 0. The number of benzene rings is 1. The van der Waals surface area contributed by atoms with E-state index in [1.54, 1.807) is 0 Å². The molecule has 14 heavy (non-hydrogen) atoms. The van der Waals surface area contributed by atoms with Crippen molar-refractivity contribution < 1.29 is 0 Å². The molecule has 0 amide bonds. The van der Waals surface area contributed by atoms with Gasteiger partial charge in [0.1, 0.15) is 6.07 Å². The molecule has 1 fully saturated rings. The van der Waals surface area contributed by atoms with Gasteiger partial charge < -0.3 is 4.90 Å². The lowest BCUT2D eigenvalue weighted by atomic mass is 9.98. The Labute approximate surface area is 84.8 Å². The van der Waals surface area contributed by atoms with E-state index in [9.17, 15) is 0 Å². The van der Waals surface area contributed by atoms with E-state index in [0.29, 0.717) is 0 Å². The van der Waals surface area contributed by atoms with Crippen molar-refractivity contribution in [3.8, 4) is 6.07 Å². The lowest BCUT2D eigenvalue weighted by molar-refractivity contribution is 0.447. The molecule has 0 aliphatic carbocycles. The zero-order valence-electron chi connectivity index (χ0n) is 8.62. The maximum Gasteiger partial charge on any atom is 0.102 e.